The molecule has 1 amide bonds. The highest BCUT2D eigenvalue weighted by molar-refractivity contribution is 5.91. The van der Waals surface area contributed by atoms with Crippen LogP contribution in [0.2, 0.25) is 0 Å². The molecule has 24 heavy (non-hydrogen) atoms. The van der Waals surface area contributed by atoms with Crippen LogP contribution in [0.15, 0.2) is 28.8 Å². The molecule has 1 aromatic carbocycles. The second-order valence-electron chi connectivity index (χ2n) is 6.95. The van der Waals surface area contributed by atoms with E-state index in [1.807, 2.05) is 24.3 Å². The van der Waals surface area contributed by atoms with E-state index in [0.29, 0.717) is 36.1 Å². The Morgan fingerprint density at radius 2 is 2.12 bits per heavy atom. The number of carbonyl (C=O) groups excluding carboxylic acids is 1. The van der Waals surface area contributed by atoms with E-state index in [1.165, 1.54) is 12.8 Å². The number of fused-ring (bicyclic) bond motifs is 2. The summed E-state index contributed by atoms with van der Waals surface area (Å²) in [6.07, 6.45) is 5.35. The number of aryl methyl sites for hydroxylation is 1. The summed E-state index contributed by atoms with van der Waals surface area (Å²) in [4.78, 5) is 16.6. The van der Waals surface area contributed by atoms with Gasteiger partial charge < -0.3 is 15.2 Å². The van der Waals surface area contributed by atoms with E-state index in [1.54, 1.807) is 6.92 Å². The van der Waals surface area contributed by atoms with Crippen LogP contribution in [-0.2, 0) is 4.79 Å². The Morgan fingerprint density at radius 3 is 2.83 bits per heavy atom. The highest BCUT2D eigenvalue weighted by atomic mass is 16.5. The molecule has 0 radical (unpaired) electrons. The average Bonchev–Trinajstić information content (AvgIpc) is 3.13. The maximum Gasteiger partial charge on any atom is 0.224 e. The van der Waals surface area contributed by atoms with E-state index in [-0.39, 0.29) is 5.91 Å². The number of carbonyl (C=O) groups is 1. The summed E-state index contributed by atoms with van der Waals surface area (Å²) < 4.78 is 5.01. The number of aromatic nitrogens is 2. The zero-order valence-electron chi connectivity index (χ0n) is 13.8. The highest BCUT2D eigenvalue weighted by Gasteiger charge is 2.34. The fraction of sp³-hybridized carbons (Fsp3) is 0.500. The van der Waals surface area contributed by atoms with Crippen molar-refractivity contribution in [1.82, 2.24) is 15.5 Å². The summed E-state index contributed by atoms with van der Waals surface area (Å²) in [6, 6.07) is 8.80. The van der Waals surface area contributed by atoms with Gasteiger partial charge in [-0.25, -0.2) is 0 Å². The largest absolute Gasteiger partial charge is 0.339 e. The molecule has 3 heterocycles. The molecular weight excluding hydrogens is 304 g/mol. The Hall–Kier alpha value is -2.21. The quantitative estimate of drug-likeness (QED) is 0.903. The number of piperidine rings is 1. The predicted molar refractivity (Wildman–Crippen MR) is 90.4 cm³/mol. The van der Waals surface area contributed by atoms with Gasteiger partial charge in [-0.3, -0.25) is 4.79 Å². The lowest BCUT2D eigenvalue weighted by Crippen LogP contribution is -2.39. The minimum absolute atomic E-state index is 0.0859. The normalized spacial score (nSPS) is 25.6. The SMILES string of the molecule is Cc1nc(-c2cccc(NC(=O)CC3CC4CCC(C3)N4)c2)no1. The maximum absolute atomic E-state index is 12.4. The maximum atomic E-state index is 12.4. The summed E-state index contributed by atoms with van der Waals surface area (Å²) >= 11 is 0. The lowest BCUT2D eigenvalue weighted by atomic mass is 9.89. The smallest absolute Gasteiger partial charge is 0.224 e. The van der Waals surface area contributed by atoms with Gasteiger partial charge >= 0.3 is 0 Å². The molecule has 0 spiro atoms. The number of rotatable bonds is 4. The van der Waals surface area contributed by atoms with Crippen LogP contribution in [0, 0.1) is 12.8 Å². The average molecular weight is 326 g/mol. The molecule has 2 saturated heterocycles. The summed E-state index contributed by atoms with van der Waals surface area (Å²) in [7, 11) is 0. The molecule has 0 aliphatic carbocycles. The molecule has 2 bridgehead atoms. The van der Waals surface area contributed by atoms with Crippen molar-refractivity contribution < 1.29 is 9.32 Å². The van der Waals surface area contributed by atoms with Gasteiger partial charge in [0.15, 0.2) is 0 Å². The van der Waals surface area contributed by atoms with Crippen LogP contribution in [0.5, 0.6) is 0 Å². The summed E-state index contributed by atoms with van der Waals surface area (Å²) in [5.41, 5.74) is 1.61. The van der Waals surface area contributed by atoms with Crippen molar-refractivity contribution in [3.8, 4) is 11.4 Å². The molecule has 2 aliphatic rings. The lowest BCUT2D eigenvalue weighted by molar-refractivity contribution is -0.117. The lowest BCUT2D eigenvalue weighted by Gasteiger charge is -2.28. The molecule has 2 atom stereocenters. The van der Waals surface area contributed by atoms with Crippen LogP contribution in [0.4, 0.5) is 5.69 Å². The van der Waals surface area contributed by atoms with Crippen molar-refractivity contribution in [2.75, 3.05) is 5.32 Å². The van der Waals surface area contributed by atoms with E-state index >= 15 is 0 Å². The van der Waals surface area contributed by atoms with Gasteiger partial charge in [0.2, 0.25) is 17.6 Å². The summed E-state index contributed by atoms with van der Waals surface area (Å²) in [5.74, 6) is 1.65. The molecule has 2 aromatic rings. The molecule has 2 aliphatic heterocycles. The van der Waals surface area contributed by atoms with E-state index in [2.05, 4.69) is 20.8 Å². The third kappa shape index (κ3) is 3.33. The van der Waals surface area contributed by atoms with Gasteiger partial charge in [0, 0.05) is 36.7 Å². The number of anilines is 1. The van der Waals surface area contributed by atoms with Gasteiger partial charge in [-0.05, 0) is 43.7 Å². The topological polar surface area (TPSA) is 80.0 Å². The first-order valence-electron chi connectivity index (χ1n) is 8.62. The molecule has 2 unspecified atom stereocenters. The van der Waals surface area contributed by atoms with Crippen molar-refractivity contribution in [2.45, 2.75) is 51.1 Å². The van der Waals surface area contributed by atoms with Crippen molar-refractivity contribution in [2.24, 2.45) is 5.92 Å². The zero-order valence-corrected chi connectivity index (χ0v) is 13.8. The fourth-order valence-corrected chi connectivity index (χ4v) is 3.97. The Balaban J connectivity index is 1.39. The first kappa shape index (κ1) is 15.3. The molecule has 2 fully saturated rings. The second-order valence-corrected chi connectivity index (χ2v) is 6.95. The van der Waals surface area contributed by atoms with Gasteiger partial charge in [0.05, 0.1) is 0 Å². The Labute approximate surface area is 141 Å². The van der Waals surface area contributed by atoms with Gasteiger partial charge in [0.1, 0.15) is 0 Å². The summed E-state index contributed by atoms with van der Waals surface area (Å²) in [5, 5.41) is 10.5. The van der Waals surface area contributed by atoms with Crippen LogP contribution in [0.1, 0.15) is 38.0 Å². The van der Waals surface area contributed by atoms with Gasteiger partial charge in [-0.1, -0.05) is 17.3 Å². The van der Waals surface area contributed by atoms with Gasteiger partial charge in [0.25, 0.3) is 0 Å². The second kappa shape index (κ2) is 6.36. The standard InChI is InChI=1S/C18H22N4O2/c1-11-19-18(22-24-11)13-3-2-4-14(10-13)21-17(23)9-12-7-15-5-6-16(8-12)20-15/h2-4,10,12,15-16,20H,5-9H2,1H3,(H,21,23). The predicted octanol–water partition coefficient (Wildman–Crippen LogP) is 2.90. The molecule has 2 N–H and O–H groups in total. The van der Waals surface area contributed by atoms with Crippen LogP contribution in [-0.4, -0.2) is 28.1 Å². The fourth-order valence-electron chi connectivity index (χ4n) is 3.97. The summed E-state index contributed by atoms with van der Waals surface area (Å²) in [6.45, 7) is 1.76. The molecule has 6 nitrogen and oxygen atoms in total. The number of hydrogen-bond donors (Lipinski definition) is 2. The van der Waals surface area contributed by atoms with Crippen LogP contribution < -0.4 is 10.6 Å². The van der Waals surface area contributed by atoms with E-state index in [9.17, 15) is 4.79 Å². The number of amides is 1. The minimum atomic E-state index is 0.0859. The Morgan fingerprint density at radius 1 is 1.33 bits per heavy atom. The van der Waals surface area contributed by atoms with E-state index in [4.69, 9.17) is 4.52 Å². The van der Waals surface area contributed by atoms with Crippen molar-refractivity contribution >= 4 is 11.6 Å². The van der Waals surface area contributed by atoms with Crippen LogP contribution in [0.25, 0.3) is 11.4 Å². The molecular formula is C18H22N4O2. The van der Waals surface area contributed by atoms with E-state index < -0.39 is 0 Å². The number of nitrogens with one attached hydrogen (secondary N) is 2. The number of nitrogens with zero attached hydrogens (tertiary/aromatic N) is 2. The minimum Gasteiger partial charge on any atom is -0.339 e. The molecule has 4 rings (SSSR count). The van der Waals surface area contributed by atoms with Crippen molar-refractivity contribution in [3.63, 3.8) is 0 Å². The van der Waals surface area contributed by atoms with Crippen LogP contribution >= 0.6 is 0 Å². The molecule has 0 saturated carbocycles. The van der Waals surface area contributed by atoms with Gasteiger partial charge in [-0.2, -0.15) is 4.98 Å². The third-order valence-electron chi connectivity index (χ3n) is 4.98. The number of hydrogen-bond acceptors (Lipinski definition) is 5. The molecule has 6 heteroatoms. The highest BCUT2D eigenvalue weighted by Crippen LogP contribution is 2.32. The monoisotopic (exact) mass is 326 g/mol. The number of benzene rings is 1. The Kier molecular flexibility index (Phi) is 4.06. The van der Waals surface area contributed by atoms with Gasteiger partial charge in [-0.15, -0.1) is 0 Å². The third-order valence-corrected chi connectivity index (χ3v) is 4.98. The van der Waals surface area contributed by atoms with E-state index in [0.717, 1.165) is 24.1 Å². The molecule has 126 valence electrons. The van der Waals surface area contributed by atoms with Crippen molar-refractivity contribution in [3.05, 3.63) is 30.2 Å². The first-order chi connectivity index (χ1) is 11.7. The zero-order chi connectivity index (χ0) is 16.5. The first-order valence-corrected chi connectivity index (χ1v) is 8.62. The Bertz CT molecular complexity index is 730. The van der Waals surface area contributed by atoms with Crippen molar-refractivity contribution in [1.29, 1.82) is 0 Å². The van der Waals surface area contributed by atoms with Crippen LogP contribution in [0.3, 0.4) is 0 Å². The molecule has 1 aromatic heterocycles.